The molecule has 0 aliphatic carbocycles. The summed E-state index contributed by atoms with van der Waals surface area (Å²) in [5.74, 6) is 0.424. The van der Waals surface area contributed by atoms with Crippen molar-refractivity contribution >= 4 is 50.7 Å². The zero-order valence-electron chi connectivity index (χ0n) is 15.2. The summed E-state index contributed by atoms with van der Waals surface area (Å²) in [6, 6.07) is 8.83. The highest BCUT2D eigenvalue weighted by Crippen LogP contribution is 2.20. The van der Waals surface area contributed by atoms with E-state index in [2.05, 4.69) is 10.3 Å². The van der Waals surface area contributed by atoms with Crippen molar-refractivity contribution in [1.29, 1.82) is 0 Å². The minimum absolute atomic E-state index is 0.104. The number of anilines is 2. The Morgan fingerprint density at radius 1 is 1.30 bits per heavy atom. The second-order valence-electron chi connectivity index (χ2n) is 5.98. The molecule has 0 bridgehead atoms. The molecule has 1 amide bonds. The van der Waals surface area contributed by atoms with Crippen LogP contribution in [-0.4, -0.2) is 28.5 Å². The Balaban J connectivity index is 1.84. The lowest BCUT2D eigenvalue weighted by molar-refractivity contribution is -0.116. The molecule has 0 fully saturated rings. The van der Waals surface area contributed by atoms with Gasteiger partial charge in [0, 0.05) is 36.8 Å². The maximum atomic E-state index is 12.9. The van der Waals surface area contributed by atoms with E-state index in [0.717, 1.165) is 13.1 Å². The van der Waals surface area contributed by atoms with Crippen LogP contribution in [0.2, 0.25) is 5.02 Å². The van der Waals surface area contributed by atoms with E-state index in [0.29, 0.717) is 26.9 Å². The van der Waals surface area contributed by atoms with Gasteiger partial charge in [-0.1, -0.05) is 17.7 Å². The molecule has 6 nitrogen and oxygen atoms in total. The normalized spacial score (nSPS) is 10.9. The third-order valence-electron chi connectivity index (χ3n) is 4.26. The van der Waals surface area contributed by atoms with Crippen molar-refractivity contribution in [2.24, 2.45) is 0 Å². The highest BCUT2D eigenvalue weighted by Gasteiger charge is 2.17. The Hall–Kier alpha value is -2.38. The van der Waals surface area contributed by atoms with Gasteiger partial charge >= 0.3 is 0 Å². The largest absolute Gasteiger partial charge is 0.343 e. The lowest BCUT2D eigenvalue weighted by Gasteiger charge is -2.23. The molecule has 0 radical (unpaired) electrons. The van der Waals surface area contributed by atoms with Crippen LogP contribution in [0.15, 0.2) is 40.5 Å². The second-order valence-corrected chi connectivity index (χ2v) is 7.34. The Morgan fingerprint density at radius 2 is 2.07 bits per heavy atom. The highest BCUT2D eigenvalue weighted by atomic mass is 35.5. The van der Waals surface area contributed by atoms with Crippen LogP contribution in [-0.2, 0) is 11.3 Å². The van der Waals surface area contributed by atoms with E-state index in [4.69, 9.17) is 11.6 Å². The standard InChI is InChI=1S/C19H21ClN4O2S/c1-3-23(4-2)19-22-15-9-11-27-17(15)18(26)24(19)10-8-16(25)21-14-7-5-6-13(20)12-14/h5-7,9,11-12H,3-4,8,10H2,1-2H3,(H,21,25). The summed E-state index contributed by atoms with van der Waals surface area (Å²) < 4.78 is 2.21. The van der Waals surface area contributed by atoms with Crippen molar-refractivity contribution in [3.63, 3.8) is 0 Å². The predicted molar refractivity (Wildman–Crippen MR) is 112 cm³/mol. The lowest BCUT2D eigenvalue weighted by atomic mass is 10.3. The van der Waals surface area contributed by atoms with Crippen LogP contribution in [0.5, 0.6) is 0 Å². The van der Waals surface area contributed by atoms with Gasteiger partial charge in [-0.15, -0.1) is 11.3 Å². The Morgan fingerprint density at radius 3 is 2.78 bits per heavy atom. The number of carbonyl (C=O) groups excluding carboxylic acids is 1. The molecule has 2 heterocycles. The van der Waals surface area contributed by atoms with E-state index in [1.807, 2.05) is 30.2 Å². The number of hydrogen-bond acceptors (Lipinski definition) is 5. The first-order valence-corrected chi connectivity index (χ1v) is 10.1. The molecule has 27 heavy (non-hydrogen) atoms. The summed E-state index contributed by atoms with van der Waals surface area (Å²) in [4.78, 5) is 31.9. The zero-order chi connectivity index (χ0) is 19.4. The first-order chi connectivity index (χ1) is 13.0. The van der Waals surface area contributed by atoms with Crippen molar-refractivity contribution < 1.29 is 4.79 Å². The van der Waals surface area contributed by atoms with Crippen LogP contribution in [0, 0.1) is 0 Å². The molecule has 0 saturated carbocycles. The van der Waals surface area contributed by atoms with Gasteiger partial charge in [-0.2, -0.15) is 0 Å². The number of aromatic nitrogens is 2. The maximum absolute atomic E-state index is 12.9. The van der Waals surface area contributed by atoms with Gasteiger partial charge in [-0.25, -0.2) is 4.98 Å². The summed E-state index contributed by atoms with van der Waals surface area (Å²) in [5, 5.41) is 5.23. The molecule has 1 aromatic carbocycles. The Labute approximate surface area is 166 Å². The number of fused-ring (bicyclic) bond motifs is 1. The Kier molecular flexibility index (Phi) is 6.13. The fourth-order valence-electron chi connectivity index (χ4n) is 2.88. The van der Waals surface area contributed by atoms with E-state index in [1.54, 1.807) is 28.8 Å². The number of benzene rings is 1. The van der Waals surface area contributed by atoms with Gasteiger partial charge in [-0.3, -0.25) is 14.2 Å². The van der Waals surface area contributed by atoms with E-state index in [1.165, 1.54) is 11.3 Å². The van der Waals surface area contributed by atoms with Crippen LogP contribution in [0.3, 0.4) is 0 Å². The first-order valence-electron chi connectivity index (χ1n) is 8.81. The number of nitrogens with zero attached hydrogens (tertiary/aromatic N) is 3. The average Bonchev–Trinajstić information content (AvgIpc) is 3.11. The lowest BCUT2D eigenvalue weighted by Crippen LogP contribution is -2.33. The molecule has 3 aromatic rings. The summed E-state index contributed by atoms with van der Waals surface area (Å²) >= 11 is 7.32. The van der Waals surface area contributed by atoms with E-state index in [-0.39, 0.29) is 24.4 Å². The highest BCUT2D eigenvalue weighted by molar-refractivity contribution is 7.17. The number of carbonyl (C=O) groups is 1. The summed E-state index contributed by atoms with van der Waals surface area (Å²) in [6.45, 7) is 5.76. The third kappa shape index (κ3) is 4.31. The molecule has 142 valence electrons. The topological polar surface area (TPSA) is 67.2 Å². The summed E-state index contributed by atoms with van der Waals surface area (Å²) in [6.07, 6.45) is 0.166. The number of halogens is 1. The minimum atomic E-state index is -0.180. The molecular weight excluding hydrogens is 384 g/mol. The molecule has 8 heteroatoms. The van der Waals surface area contributed by atoms with Crippen LogP contribution in [0.1, 0.15) is 20.3 Å². The van der Waals surface area contributed by atoms with Crippen molar-refractivity contribution in [3.05, 3.63) is 51.1 Å². The maximum Gasteiger partial charge on any atom is 0.272 e. The van der Waals surface area contributed by atoms with Crippen LogP contribution in [0.4, 0.5) is 11.6 Å². The molecule has 0 atom stereocenters. The number of hydrogen-bond donors (Lipinski definition) is 1. The SMILES string of the molecule is CCN(CC)c1nc2ccsc2c(=O)n1CCC(=O)Nc1cccc(Cl)c1. The molecule has 0 aliphatic rings. The minimum Gasteiger partial charge on any atom is -0.343 e. The van der Waals surface area contributed by atoms with Crippen molar-refractivity contribution in [3.8, 4) is 0 Å². The number of amides is 1. The van der Waals surface area contributed by atoms with Gasteiger partial charge in [0.1, 0.15) is 4.70 Å². The monoisotopic (exact) mass is 404 g/mol. The van der Waals surface area contributed by atoms with Crippen molar-refractivity contribution in [1.82, 2.24) is 9.55 Å². The van der Waals surface area contributed by atoms with Crippen LogP contribution < -0.4 is 15.8 Å². The fourth-order valence-corrected chi connectivity index (χ4v) is 3.85. The number of nitrogens with one attached hydrogen (secondary N) is 1. The first kappa shape index (κ1) is 19.4. The van der Waals surface area contributed by atoms with Gasteiger partial charge in [0.2, 0.25) is 11.9 Å². The number of rotatable bonds is 7. The van der Waals surface area contributed by atoms with Gasteiger partial charge < -0.3 is 10.2 Å². The number of thiophene rings is 1. The molecular formula is C19H21ClN4O2S. The zero-order valence-corrected chi connectivity index (χ0v) is 16.8. The van der Waals surface area contributed by atoms with Gasteiger partial charge in [-0.05, 0) is 43.5 Å². The van der Waals surface area contributed by atoms with Gasteiger partial charge in [0.25, 0.3) is 5.56 Å². The van der Waals surface area contributed by atoms with E-state index >= 15 is 0 Å². The molecule has 0 unspecified atom stereocenters. The van der Waals surface area contributed by atoms with Gasteiger partial charge in [0.05, 0.1) is 5.52 Å². The van der Waals surface area contributed by atoms with Crippen molar-refractivity contribution in [2.45, 2.75) is 26.8 Å². The summed E-state index contributed by atoms with van der Waals surface area (Å²) in [5.41, 5.74) is 1.23. The van der Waals surface area contributed by atoms with Gasteiger partial charge in [0.15, 0.2) is 0 Å². The third-order valence-corrected chi connectivity index (χ3v) is 5.39. The summed E-state index contributed by atoms with van der Waals surface area (Å²) in [7, 11) is 0. The van der Waals surface area contributed by atoms with E-state index in [9.17, 15) is 9.59 Å². The van der Waals surface area contributed by atoms with Crippen molar-refractivity contribution in [2.75, 3.05) is 23.3 Å². The fraction of sp³-hybridized carbons (Fsp3) is 0.316. The van der Waals surface area contributed by atoms with E-state index < -0.39 is 0 Å². The molecule has 0 spiro atoms. The molecule has 3 rings (SSSR count). The smallest absolute Gasteiger partial charge is 0.272 e. The molecule has 0 saturated heterocycles. The Bertz CT molecular complexity index is 1010. The quantitative estimate of drug-likeness (QED) is 0.646. The molecule has 2 aromatic heterocycles. The predicted octanol–water partition coefficient (Wildman–Crippen LogP) is 3.99. The van der Waals surface area contributed by atoms with Crippen LogP contribution in [0.25, 0.3) is 10.2 Å². The second kappa shape index (κ2) is 8.54. The van der Waals surface area contributed by atoms with Crippen LogP contribution >= 0.6 is 22.9 Å². The average molecular weight is 405 g/mol. The molecule has 0 aliphatic heterocycles. The molecule has 1 N–H and O–H groups in total.